The van der Waals surface area contributed by atoms with Crippen LogP contribution in [0.25, 0.3) is 0 Å². The average Bonchev–Trinajstić information content (AvgIpc) is 2.11. The lowest BCUT2D eigenvalue weighted by Gasteiger charge is -1.82. The molecule has 0 N–H and O–H groups in total. The van der Waals surface area contributed by atoms with Crippen LogP contribution in [0.2, 0.25) is 0 Å². The Balaban J connectivity index is 0. The van der Waals surface area contributed by atoms with Crippen LogP contribution in [-0.2, 0) is 4.79 Å². The number of rotatable bonds is 0. The minimum absolute atomic E-state index is 0.222. The summed E-state index contributed by atoms with van der Waals surface area (Å²) in [5.74, 6) is 0.222. The fraction of sp³-hybridized carbons (Fsp3) is 0.300. The third kappa shape index (κ3) is 11.9. The maximum Gasteiger partial charge on any atom is 0.208 e. The number of benzene rings is 1. The molecule has 1 nitrogen and oxygen atoms in total. The van der Waals surface area contributed by atoms with Crippen molar-refractivity contribution in [3.8, 4) is 0 Å². The maximum absolute atomic E-state index is 8.57. The van der Waals surface area contributed by atoms with Crippen molar-refractivity contribution in [3.05, 3.63) is 35.9 Å². The summed E-state index contributed by atoms with van der Waals surface area (Å²) in [5.41, 5.74) is 1.32. The van der Waals surface area contributed by atoms with Crippen molar-refractivity contribution < 1.29 is 4.79 Å². The van der Waals surface area contributed by atoms with E-state index >= 15 is 0 Å². The molecule has 68 valence electrons. The second-order valence-corrected chi connectivity index (χ2v) is 1.92. The molecule has 0 atom stereocenters. The second-order valence-electron chi connectivity index (χ2n) is 1.74. The molecule has 0 aliphatic heterocycles. The molecule has 0 unspecified atom stereocenters. The number of carbonyl (C=O) groups excluding carboxylic acids is 1. The van der Waals surface area contributed by atoms with Gasteiger partial charge in [-0.05, 0) is 18.5 Å². The summed E-state index contributed by atoms with van der Waals surface area (Å²) in [6, 6.07) is 10.3. The lowest BCUT2D eigenvalue weighted by atomic mass is 10.2. The molecule has 0 radical (unpaired) electrons. The molecule has 0 heterocycles. The Bertz CT molecular complexity index is 172. The topological polar surface area (TPSA) is 17.1 Å². The normalized spacial score (nSPS) is 6.67. The second kappa shape index (κ2) is 12.8. The molecule has 2 heteroatoms. The molecule has 12 heavy (non-hydrogen) atoms. The number of aryl methyl sites for hydroxylation is 1. The first-order chi connectivity index (χ1) is 5.81. The largest absolute Gasteiger partial charge is 0.285 e. The van der Waals surface area contributed by atoms with E-state index in [4.69, 9.17) is 4.79 Å². The Morgan fingerprint density at radius 1 is 1.17 bits per heavy atom. The van der Waals surface area contributed by atoms with Crippen LogP contribution in [0.1, 0.15) is 19.4 Å². The molecule has 1 aromatic rings. The Morgan fingerprint density at radius 2 is 1.50 bits per heavy atom. The summed E-state index contributed by atoms with van der Waals surface area (Å²) in [5, 5.41) is 0. The highest BCUT2D eigenvalue weighted by atomic mass is 35.5. The van der Waals surface area contributed by atoms with Gasteiger partial charge in [-0.2, -0.15) is 0 Å². The minimum atomic E-state index is 0.222. The summed E-state index contributed by atoms with van der Waals surface area (Å²) in [7, 11) is 0. The molecular weight excluding hydrogens is 172 g/mol. The van der Waals surface area contributed by atoms with Crippen molar-refractivity contribution in [2.75, 3.05) is 0 Å². The zero-order chi connectivity index (χ0) is 9.82. The van der Waals surface area contributed by atoms with Gasteiger partial charge in [0.15, 0.2) is 0 Å². The predicted octanol–water partition coefficient (Wildman–Crippen LogP) is 3.44. The van der Waals surface area contributed by atoms with Gasteiger partial charge in [-0.15, -0.1) is 0 Å². The van der Waals surface area contributed by atoms with E-state index < -0.39 is 0 Å². The first-order valence-electron chi connectivity index (χ1n) is 3.86. The van der Waals surface area contributed by atoms with E-state index in [0.717, 1.165) is 0 Å². The average molecular weight is 187 g/mol. The van der Waals surface area contributed by atoms with Crippen LogP contribution in [0.5, 0.6) is 0 Å². The smallest absolute Gasteiger partial charge is 0.208 e. The fourth-order valence-electron chi connectivity index (χ4n) is 0.534. The van der Waals surface area contributed by atoms with Crippen LogP contribution in [0, 0.1) is 6.92 Å². The zero-order valence-corrected chi connectivity index (χ0v) is 8.51. The van der Waals surface area contributed by atoms with Crippen LogP contribution >= 0.6 is 11.6 Å². The van der Waals surface area contributed by atoms with E-state index in [1.165, 1.54) is 5.56 Å². The number of hydrogen-bond donors (Lipinski definition) is 0. The molecule has 0 saturated carbocycles. The van der Waals surface area contributed by atoms with Gasteiger partial charge in [-0.25, -0.2) is 0 Å². The van der Waals surface area contributed by atoms with Gasteiger partial charge >= 0.3 is 0 Å². The molecule has 0 bridgehead atoms. The molecule has 1 aromatic carbocycles. The van der Waals surface area contributed by atoms with E-state index in [9.17, 15) is 0 Å². The van der Waals surface area contributed by atoms with E-state index in [1.54, 1.807) is 0 Å². The fourth-order valence-corrected chi connectivity index (χ4v) is 0.534. The Kier molecular flexibility index (Phi) is 14.7. The summed E-state index contributed by atoms with van der Waals surface area (Å²) in [6.45, 7) is 6.08. The van der Waals surface area contributed by atoms with Crippen LogP contribution in [0.15, 0.2) is 30.3 Å². The minimum Gasteiger partial charge on any atom is -0.285 e. The van der Waals surface area contributed by atoms with Gasteiger partial charge in [0.05, 0.1) is 0 Å². The standard InChI is InChI=1S/C7H8.C2H6.CHClO/c1-7-5-3-2-4-6-7;1-2;2-1-3/h2-6H,1H3;1-2H3;1H. The number of carbonyl (C=O) groups is 1. The SMILES string of the molecule is CC.Cc1ccccc1.O=CCl. The molecule has 0 fully saturated rings. The third-order valence-corrected chi connectivity index (χ3v) is 0.940. The van der Waals surface area contributed by atoms with Gasteiger partial charge in [-0.1, -0.05) is 49.7 Å². The van der Waals surface area contributed by atoms with Crippen molar-refractivity contribution in [1.82, 2.24) is 0 Å². The highest BCUT2D eigenvalue weighted by Crippen LogP contribution is 1.92. The van der Waals surface area contributed by atoms with Crippen LogP contribution in [0.3, 0.4) is 0 Å². The van der Waals surface area contributed by atoms with Crippen LogP contribution in [0.4, 0.5) is 0 Å². The van der Waals surface area contributed by atoms with Gasteiger partial charge in [0.2, 0.25) is 5.75 Å². The first kappa shape index (κ1) is 13.7. The first-order valence-corrected chi connectivity index (χ1v) is 4.30. The highest BCUT2D eigenvalue weighted by molar-refractivity contribution is 6.54. The van der Waals surface area contributed by atoms with Gasteiger partial charge in [0, 0.05) is 0 Å². The Morgan fingerprint density at radius 3 is 1.67 bits per heavy atom. The summed E-state index contributed by atoms with van der Waals surface area (Å²) < 4.78 is 0. The molecule has 0 aromatic heterocycles. The molecular formula is C10H15ClO. The number of halogens is 1. The molecule has 1 rings (SSSR count). The Labute approximate surface area is 79.4 Å². The van der Waals surface area contributed by atoms with Crippen LogP contribution < -0.4 is 0 Å². The van der Waals surface area contributed by atoms with Crippen molar-refractivity contribution in [1.29, 1.82) is 0 Å². The van der Waals surface area contributed by atoms with Gasteiger partial charge in [-0.3, -0.25) is 4.79 Å². The monoisotopic (exact) mass is 186 g/mol. The van der Waals surface area contributed by atoms with Crippen molar-refractivity contribution >= 4 is 17.3 Å². The van der Waals surface area contributed by atoms with Gasteiger partial charge in [0.25, 0.3) is 0 Å². The summed E-state index contributed by atoms with van der Waals surface area (Å²) in [4.78, 5) is 8.57. The van der Waals surface area contributed by atoms with Gasteiger partial charge < -0.3 is 0 Å². The number of hydrogen-bond acceptors (Lipinski definition) is 1. The van der Waals surface area contributed by atoms with Gasteiger partial charge in [0.1, 0.15) is 0 Å². The van der Waals surface area contributed by atoms with E-state index in [2.05, 4.69) is 30.7 Å². The third-order valence-electron chi connectivity index (χ3n) is 0.940. The lowest BCUT2D eigenvalue weighted by molar-refractivity contribution is 0.569. The van der Waals surface area contributed by atoms with Crippen molar-refractivity contribution in [3.63, 3.8) is 0 Å². The lowest BCUT2D eigenvalue weighted by Crippen LogP contribution is -1.62. The molecule has 0 amide bonds. The predicted molar refractivity (Wildman–Crippen MR) is 55.1 cm³/mol. The van der Waals surface area contributed by atoms with Crippen LogP contribution in [-0.4, -0.2) is 5.75 Å². The summed E-state index contributed by atoms with van der Waals surface area (Å²) in [6.07, 6.45) is 0. The highest BCUT2D eigenvalue weighted by Gasteiger charge is 1.72. The van der Waals surface area contributed by atoms with Crippen molar-refractivity contribution in [2.24, 2.45) is 0 Å². The van der Waals surface area contributed by atoms with E-state index in [1.807, 2.05) is 32.0 Å². The Hall–Kier alpha value is -0.820. The van der Waals surface area contributed by atoms with E-state index in [0.29, 0.717) is 0 Å². The molecule has 0 aliphatic rings. The quantitative estimate of drug-likeness (QED) is 0.448. The molecule has 0 aliphatic carbocycles. The zero-order valence-electron chi connectivity index (χ0n) is 7.75. The summed E-state index contributed by atoms with van der Waals surface area (Å²) >= 11 is 4.32. The molecule has 0 saturated heterocycles. The molecule has 0 spiro atoms. The van der Waals surface area contributed by atoms with Crippen molar-refractivity contribution in [2.45, 2.75) is 20.8 Å². The maximum atomic E-state index is 8.57. The van der Waals surface area contributed by atoms with E-state index in [-0.39, 0.29) is 5.75 Å².